The number of halogens is 1. The van der Waals surface area contributed by atoms with Gasteiger partial charge in [0.15, 0.2) is 0 Å². The SMILES string of the molecule is CC(C)(CCO)CNC(=O)c1cccc(F)c1. The van der Waals surface area contributed by atoms with E-state index in [1.807, 2.05) is 13.8 Å². The molecular formula is C13H18FNO2. The van der Waals surface area contributed by atoms with Gasteiger partial charge in [0, 0.05) is 18.7 Å². The smallest absolute Gasteiger partial charge is 0.251 e. The van der Waals surface area contributed by atoms with Crippen molar-refractivity contribution >= 4 is 5.91 Å². The molecule has 0 aliphatic carbocycles. The second-order valence-corrected chi connectivity index (χ2v) is 4.83. The van der Waals surface area contributed by atoms with Crippen LogP contribution in [0.2, 0.25) is 0 Å². The van der Waals surface area contributed by atoms with E-state index < -0.39 is 5.82 Å². The van der Waals surface area contributed by atoms with Gasteiger partial charge in [-0.05, 0) is 30.0 Å². The number of aliphatic hydroxyl groups excluding tert-OH is 1. The van der Waals surface area contributed by atoms with Crippen LogP contribution in [0, 0.1) is 11.2 Å². The van der Waals surface area contributed by atoms with Crippen molar-refractivity contribution in [1.29, 1.82) is 0 Å². The van der Waals surface area contributed by atoms with E-state index in [1.54, 1.807) is 6.07 Å². The molecular weight excluding hydrogens is 221 g/mol. The fourth-order valence-electron chi connectivity index (χ4n) is 1.44. The maximum atomic E-state index is 12.9. The summed E-state index contributed by atoms with van der Waals surface area (Å²) in [5.41, 5.74) is 0.141. The summed E-state index contributed by atoms with van der Waals surface area (Å²) >= 11 is 0. The Kier molecular flexibility index (Phi) is 4.63. The Bertz CT molecular complexity index is 391. The van der Waals surface area contributed by atoms with E-state index in [0.717, 1.165) is 0 Å². The van der Waals surface area contributed by atoms with Crippen LogP contribution in [0.1, 0.15) is 30.6 Å². The molecule has 3 nitrogen and oxygen atoms in total. The van der Waals surface area contributed by atoms with Crippen LogP contribution in [-0.4, -0.2) is 24.2 Å². The van der Waals surface area contributed by atoms with Crippen LogP contribution in [0.25, 0.3) is 0 Å². The normalized spacial score (nSPS) is 11.3. The maximum absolute atomic E-state index is 12.9. The molecule has 0 atom stereocenters. The predicted octanol–water partition coefficient (Wildman–Crippen LogP) is 1.96. The third kappa shape index (κ3) is 4.53. The first-order chi connectivity index (χ1) is 7.94. The molecule has 94 valence electrons. The zero-order valence-electron chi connectivity index (χ0n) is 10.2. The van der Waals surface area contributed by atoms with Crippen molar-refractivity contribution in [2.24, 2.45) is 5.41 Å². The summed E-state index contributed by atoms with van der Waals surface area (Å²) in [6.07, 6.45) is 0.608. The molecule has 1 aromatic rings. The number of benzene rings is 1. The zero-order chi connectivity index (χ0) is 12.9. The lowest BCUT2D eigenvalue weighted by Crippen LogP contribution is -2.34. The topological polar surface area (TPSA) is 49.3 Å². The Labute approximate surface area is 101 Å². The van der Waals surface area contributed by atoms with E-state index >= 15 is 0 Å². The number of aliphatic hydroxyl groups is 1. The second kappa shape index (κ2) is 5.77. The van der Waals surface area contributed by atoms with Gasteiger partial charge < -0.3 is 10.4 Å². The van der Waals surface area contributed by atoms with Crippen LogP contribution in [0.3, 0.4) is 0 Å². The van der Waals surface area contributed by atoms with E-state index in [2.05, 4.69) is 5.32 Å². The molecule has 0 radical (unpaired) electrons. The van der Waals surface area contributed by atoms with E-state index in [1.165, 1.54) is 18.2 Å². The summed E-state index contributed by atoms with van der Waals surface area (Å²) < 4.78 is 12.9. The van der Waals surface area contributed by atoms with Crippen LogP contribution >= 0.6 is 0 Å². The largest absolute Gasteiger partial charge is 0.396 e. The molecule has 1 aromatic carbocycles. The van der Waals surface area contributed by atoms with Crippen molar-refractivity contribution < 1.29 is 14.3 Å². The fraction of sp³-hybridized carbons (Fsp3) is 0.462. The first kappa shape index (κ1) is 13.6. The molecule has 2 N–H and O–H groups in total. The highest BCUT2D eigenvalue weighted by Crippen LogP contribution is 2.18. The van der Waals surface area contributed by atoms with Crippen molar-refractivity contribution in [1.82, 2.24) is 5.32 Å². The molecule has 1 rings (SSSR count). The molecule has 0 saturated heterocycles. The predicted molar refractivity (Wildman–Crippen MR) is 64.2 cm³/mol. The van der Waals surface area contributed by atoms with Crippen molar-refractivity contribution in [2.75, 3.05) is 13.2 Å². The van der Waals surface area contributed by atoms with E-state index in [0.29, 0.717) is 18.5 Å². The van der Waals surface area contributed by atoms with Gasteiger partial charge in [-0.25, -0.2) is 4.39 Å². The molecule has 0 heterocycles. The number of hydrogen-bond acceptors (Lipinski definition) is 2. The van der Waals surface area contributed by atoms with Gasteiger partial charge in [-0.1, -0.05) is 19.9 Å². The van der Waals surface area contributed by atoms with Crippen molar-refractivity contribution in [3.05, 3.63) is 35.6 Å². The minimum Gasteiger partial charge on any atom is -0.396 e. The molecule has 0 fully saturated rings. The Morgan fingerprint density at radius 2 is 2.18 bits per heavy atom. The Hall–Kier alpha value is -1.42. The van der Waals surface area contributed by atoms with E-state index in [4.69, 9.17) is 5.11 Å². The van der Waals surface area contributed by atoms with Crippen LogP contribution < -0.4 is 5.32 Å². The second-order valence-electron chi connectivity index (χ2n) is 4.83. The van der Waals surface area contributed by atoms with Gasteiger partial charge in [0.25, 0.3) is 5.91 Å². The quantitative estimate of drug-likeness (QED) is 0.825. The Balaban J connectivity index is 2.56. The van der Waals surface area contributed by atoms with Gasteiger partial charge in [-0.15, -0.1) is 0 Å². The fourth-order valence-corrected chi connectivity index (χ4v) is 1.44. The summed E-state index contributed by atoms with van der Waals surface area (Å²) in [4.78, 5) is 11.7. The molecule has 0 unspecified atom stereocenters. The molecule has 17 heavy (non-hydrogen) atoms. The number of carbonyl (C=O) groups is 1. The lowest BCUT2D eigenvalue weighted by molar-refractivity contribution is 0.0927. The van der Waals surface area contributed by atoms with Crippen molar-refractivity contribution in [3.63, 3.8) is 0 Å². The lowest BCUT2D eigenvalue weighted by Gasteiger charge is -2.23. The number of amides is 1. The maximum Gasteiger partial charge on any atom is 0.251 e. The first-order valence-electron chi connectivity index (χ1n) is 5.59. The molecule has 0 saturated carbocycles. The average Bonchev–Trinajstić information content (AvgIpc) is 2.26. The molecule has 0 aromatic heterocycles. The highest BCUT2D eigenvalue weighted by atomic mass is 19.1. The number of hydrogen-bond donors (Lipinski definition) is 2. The number of rotatable bonds is 5. The van der Waals surface area contributed by atoms with Crippen LogP contribution in [-0.2, 0) is 0 Å². The average molecular weight is 239 g/mol. The minimum atomic E-state index is -0.424. The molecule has 0 spiro atoms. The molecule has 1 amide bonds. The van der Waals surface area contributed by atoms with Crippen molar-refractivity contribution in [3.8, 4) is 0 Å². The Morgan fingerprint density at radius 1 is 1.47 bits per heavy atom. The summed E-state index contributed by atoms with van der Waals surface area (Å²) in [6, 6.07) is 5.57. The lowest BCUT2D eigenvalue weighted by atomic mass is 9.89. The summed E-state index contributed by atoms with van der Waals surface area (Å²) in [6.45, 7) is 4.44. The third-order valence-electron chi connectivity index (χ3n) is 2.60. The number of nitrogens with one attached hydrogen (secondary N) is 1. The highest BCUT2D eigenvalue weighted by Gasteiger charge is 2.18. The Morgan fingerprint density at radius 3 is 2.76 bits per heavy atom. The van der Waals surface area contributed by atoms with E-state index in [9.17, 15) is 9.18 Å². The first-order valence-corrected chi connectivity index (χ1v) is 5.59. The van der Waals surface area contributed by atoms with Crippen molar-refractivity contribution in [2.45, 2.75) is 20.3 Å². The van der Waals surface area contributed by atoms with Crippen LogP contribution in [0.4, 0.5) is 4.39 Å². The number of carbonyl (C=O) groups excluding carboxylic acids is 1. The molecule has 0 bridgehead atoms. The van der Waals surface area contributed by atoms with Gasteiger partial charge >= 0.3 is 0 Å². The summed E-state index contributed by atoms with van der Waals surface area (Å²) in [5, 5.41) is 11.6. The van der Waals surface area contributed by atoms with Crippen LogP contribution in [0.5, 0.6) is 0 Å². The molecule has 4 heteroatoms. The van der Waals surface area contributed by atoms with Gasteiger partial charge in [0.2, 0.25) is 0 Å². The van der Waals surface area contributed by atoms with Gasteiger partial charge in [0.05, 0.1) is 0 Å². The summed E-state index contributed by atoms with van der Waals surface area (Å²) in [7, 11) is 0. The summed E-state index contributed by atoms with van der Waals surface area (Å²) in [5.74, 6) is -0.720. The zero-order valence-corrected chi connectivity index (χ0v) is 10.2. The standard InChI is InChI=1S/C13H18FNO2/c1-13(2,6-7-16)9-15-12(17)10-4-3-5-11(14)8-10/h3-5,8,16H,6-7,9H2,1-2H3,(H,15,17). The van der Waals surface area contributed by atoms with Gasteiger partial charge in [0.1, 0.15) is 5.82 Å². The molecule has 0 aliphatic rings. The highest BCUT2D eigenvalue weighted by molar-refractivity contribution is 5.94. The minimum absolute atomic E-state index is 0.0861. The van der Waals surface area contributed by atoms with E-state index in [-0.39, 0.29) is 17.9 Å². The van der Waals surface area contributed by atoms with Gasteiger partial charge in [-0.3, -0.25) is 4.79 Å². The van der Waals surface area contributed by atoms with Crippen LogP contribution in [0.15, 0.2) is 24.3 Å². The third-order valence-corrected chi connectivity index (χ3v) is 2.60. The molecule has 0 aliphatic heterocycles. The monoisotopic (exact) mass is 239 g/mol. The van der Waals surface area contributed by atoms with Gasteiger partial charge in [-0.2, -0.15) is 0 Å².